The average molecular weight is 253 g/mol. The molecule has 0 saturated heterocycles. The highest BCUT2D eigenvalue weighted by Crippen LogP contribution is 2.14. The van der Waals surface area contributed by atoms with Gasteiger partial charge in [-0.1, -0.05) is 13.8 Å². The molecule has 0 aromatic carbocycles. The lowest BCUT2D eigenvalue weighted by Gasteiger charge is -2.26. The number of nitrogens with zero attached hydrogens (tertiary/aromatic N) is 3. The molecule has 1 atom stereocenters. The summed E-state index contributed by atoms with van der Waals surface area (Å²) in [7, 11) is 1.90. The van der Waals surface area contributed by atoms with Crippen molar-refractivity contribution in [3.8, 4) is 0 Å². The van der Waals surface area contributed by atoms with Gasteiger partial charge < -0.3 is 5.11 Å². The molecule has 0 radical (unpaired) electrons. The summed E-state index contributed by atoms with van der Waals surface area (Å²) < 4.78 is 1.80. The molecule has 1 aromatic heterocycles. The highest BCUT2D eigenvalue weighted by molar-refractivity contribution is 5.69. The Balaban J connectivity index is 2.84. The number of carboxylic acids is 1. The highest BCUT2D eigenvalue weighted by atomic mass is 16.4. The molecule has 5 nitrogen and oxygen atoms in total. The van der Waals surface area contributed by atoms with E-state index in [0.29, 0.717) is 6.54 Å². The Hall–Kier alpha value is -1.36. The number of carbonyl (C=O) groups is 1. The van der Waals surface area contributed by atoms with Crippen LogP contribution in [0.3, 0.4) is 0 Å². The van der Waals surface area contributed by atoms with Crippen LogP contribution in [0, 0.1) is 0 Å². The van der Waals surface area contributed by atoms with Gasteiger partial charge in [-0.3, -0.25) is 14.4 Å². The molecule has 1 heterocycles. The first kappa shape index (κ1) is 14.7. The zero-order valence-corrected chi connectivity index (χ0v) is 11.7. The third-order valence-electron chi connectivity index (χ3n) is 3.25. The molecular formula is C13H23N3O2. The first-order chi connectivity index (χ1) is 8.47. The fraction of sp³-hybridized carbons (Fsp3) is 0.692. The molecule has 0 spiro atoms. The van der Waals surface area contributed by atoms with Gasteiger partial charge in [0.15, 0.2) is 0 Å². The Morgan fingerprint density at radius 1 is 1.56 bits per heavy atom. The lowest BCUT2D eigenvalue weighted by molar-refractivity contribution is -0.139. The van der Waals surface area contributed by atoms with Gasteiger partial charge in [0, 0.05) is 31.4 Å². The quantitative estimate of drug-likeness (QED) is 0.803. The fourth-order valence-corrected chi connectivity index (χ4v) is 2.03. The predicted octanol–water partition coefficient (Wildman–Crippen LogP) is 1.67. The standard InChI is InChI=1S/C13H23N3O2/c1-5-10(3)16(9-13(17)18)8-11-7-15(4)14-12(11)6-2/h7,10H,5-6,8-9H2,1-4H3,(H,17,18). The Morgan fingerprint density at radius 3 is 2.72 bits per heavy atom. The van der Waals surface area contributed by atoms with Crippen LogP contribution < -0.4 is 0 Å². The van der Waals surface area contributed by atoms with E-state index in [2.05, 4.69) is 25.9 Å². The average Bonchev–Trinajstić information content (AvgIpc) is 2.67. The lowest BCUT2D eigenvalue weighted by atomic mass is 10.1. The summed E-state index contributed by atoms with van der Waals surface area (Å²) in [5, 5.41) is 13.4. The molecular weight excluding hydrogens is 230 g/mol. The first-order valence-corrected chi connectivity index (χ1v) is 6.45. The maximum atomic E-state index is 10.9. The van der Waals surface area contributed by atoms with Gasteiger partial charge >= 0.3 is 5.97 Å². The molecule has 102 valence electrons. The van der Waals surface area contributed by atoms with Crippen molar-refractivity contribution in [1.82, 2.24) is 14.7 Å². The molecule has 0 aliphatic heterocycles. The van der Waals surface area contributed by atoms with Gasteiger partial charge in [-0.15, -0.1) is 0 Å². The Bertz CT molecular complexity index is 401. The predicted molar refractivity (Wildman–Crippen MR) is 70.4 cm³/mol. The van der Waals surface area contributed by atoms with E-state index in [1.54, 1.807) is 4.68 Å². The van der Waals surface area contributed by atoms with E-state index in [0.717, 1.165) is 24.1 Å². The molecule has 0 bridgehead atoms. The second-order valence-corrected chi connectivity index (χ2v) is 4.68. The van der Waals surface area contributed by atoms with Gasteiger partial charge in [0.05, 0.1) is 12.2 Å². The minimum Gasteiger partial charge on any atom is -0.480 e. The summed E-state index contributed by atoms with van der Waals surface area (Å²) in [5.41, 5.74) is 2.18. The smallest absolute Gasteiger partial charge is 0.317 e. The van der Waals surface area contributed by atoms with Crippen LogP contribution in [0.25, 0.3) is 0 Å². The summed E-state index contributed by atoms with van der Waals surface area (Å²) in [6.07, 6.45) is 3.79. The molecule has 1 aromatic rings. The van der Waals surface area contributed by atoms with Gasteiger partial charge in [0.1, 0.15) is 0 Å². The van der Waals surface area contributed by atoms with Crippen LogP contribution in [-0.4, -0.2) is 38.3 Å². The normalized spacial score (nSPS) is 12.9. The number of carboxylic acid groups (broad SMARTS) is 1. The monoisotopic (exact) mass is 253 g/mol. The minimum absolute atomic E-state index is 0.0764. The maximum absolute atomic E-state index is 10.9. The third kappa shape index (κ3) is 3.84. The minimum atomic E-state index is -0.780. The first-order valence-electron chi connectivity index (χ1n) is 6.45. The van der Waals surface area contributed by atoms with Crippen molar-refractivity contribution >= 4 is 5.97 Å². The van der Waals surface area contributed by atoms with E-state index in [-0.39, 0.29) is 12.6 Å². The number of aromatic nitrogens is 2. The fourth-order valence-electron chi connectivity index (χ4n) is 2.03. The van der Waals surface area contributed by atoms with E-state index in [9.17, 15) is 4.79 Å². The second kappa shape index (κ2) is 6.54. The lowest BCUT2D eigenvalue weighted by Crippen LogP contribution is -2.36. The van der Waals surface area contributed by atoms with Crippen LogP contribution in [0.1, 0.15) is 38.4 Å². The molecule has 1 rings (SSSR count). The Morgan fingerprint density at radius 2 is 2.22 bits per heavy atom. The second-order valence-electron chi connectivity index (χ2n) is 4.68. The van der Waals surface area contributed by atoms with E-state index < -0.39 is 5.97 Å². The van der Waals surface area contributed by atoms with E-state index in [4.69, 9.17) is 5.11 Å². The molecule has 0 aliphatic rings. The van der Waals surface area contributed by atoms with Crippen molar-refractivity contribution in [3.05, 3.63) is 17.5 Å². The van der Waals surface area contributed by atoms with Gasteiger partial charge in [-0.25, -0.2) is 0 Å². The maximum Gasteiger partial charge on any atom is 0.317 e. The van der Waals surface area contributed by atoms with E-state index >= 15 is 0 Å². The molecule has 1 unspecified atom stereocenters. The number of hydrogen-bond donors (Lipinski definition) is 1. The van der Waals surface area contributed by atoms with Gasteiger partial charge in [0.2, 0.25) is 0 Å². The van der Waals surface area contributed by atoms with Crippen molar-refractivity contribution in [1.29, 1.82) is 0 Å². The molecule has 18 heavy (non-hydrogen) atoms. The Labute approximate surface area is 108 Å². The van der Waals surface area contributed by atoms with Crippen molar-refractivity contribution < 1.29 is 9.90 Å². The number of hydrogen-bond acceptors (Lipinski definition) is 3. The van der Waals surface area contributed by atoms with Crippen LogP contribution in [-0.2, 0) is 24.8 Å². The van der Waals surface area contributed by atoms with Crippen molar-refractivity contribution in [2.45, 2.75) is 46.2 Å². The molecule has 1 N–H and O–H groups in total. The van der Waals surface area contributed by atoms with Crippen LogP contribution in [0.5, 0.6) is 0 Å². The molecule has 0 saturated carbocycles. The van der Waals surface area contributed by atoms with Crippen molar-refractivity contribution in [2.75, 3.05) is 6.54 Å². The van der Waals surface area contributed by atoms with Crippen LogP contribution in [0.4, 0.5) is 0 Å². The summed E-state index contributed by atoms with van der Waals surface area (Å²) in [6.45, 7) is 6.93. The van der Waals surface area contributed by atoms with Gasteiger partial charge in [-0.05, 0) is 19.8 Å². The number of aliphatic carboxylic acids is 1. The topological polar surface area (TPSA) is 58.4 Å². The summed E-state index contributed by atoms with van der Waals surface area (Å²) in [5.74, 6) is -0.780. The largest absolute Gasteiger partial charge is 0.480 e. The number of aryl methyl sites for hydroxylation is 2. The SMILES string of the molecule is CCc1nn(C)cc1CN(CC(=O)O)C(C)CC. The third-order valence-corrected chi connectivity index (χ3v) is 3.25. The van der Waals surface area contributed by atoms with Crippen molar-refractivity contribution in [2.24, 2.45) is 7.05 Å². The van der Waals surface area contributed by atoms with Crippen LogP contribution in [0.15, 0.2) is 6.20 Å². The van der Waals surface area contributed by atoms with Crippen LogP contribution in [0.2, 0.25) is 0 Å². The molecule has 5 heteroatoms. The molecule has 0 fully saturated rings. The van der Waals surface area contributed by atoms with Gasteiger partial charge in [-0.2, -0.15) is 5.10 Å². The summed E-state index contributed by atoms with van der Waals surface area (Å²) >= 11 is 0. The highest BCUT2D eigenvalue weighted by Gasteiger charge is 2.18. The molecule has 0 amide bonds. The zero-order valence-electron chi connectivity index (χ0n) is 11.7. The van der Waals surface area contributed by atoms with E-state index in [1.165, 1.54) is 0 Å². The van der Waals surface area contributed by atoms with Crippen molar-refractivity contribution in [3.63, 3.8) is 0 Å². The Kier molecular flexibility index (Phi) is 5.34. The number of rotatable bonds is 7. The summed E-state index contributed by atoms with van der Waals surface area (Å²) in [4.78, 5) is 12.9. The van der Waals surface area contributed by atoms with E-state index in [1.807, 2.05) is 18.1 Å². The zero-order chi connectivity index (χ0) is 13.7. The summed E-state index contributed by atoms with van der Waals surface area (Å²) in [6, 6.07) is 0.256. The van der Waals surface area contributed by atoms with Gasteiger partial charge in [0.25, 0.3) is 0 Å². The molecule has 0 aliphatic carbocycles. The van der Waals surface area contributed by atoms with Crippen LogP contribution >= 0.6 is 0 Å².